The Balaban J connectivity index is 0.000000336. The number of nitrogens with one attached hydrogen (secondary N) is 1. The molecule has 0 aromatic heterocycles. The summed E-state index contributed by atoms with van der Waals surface area (Å²) in [6, 6.07) is 2.03. The lowest BCUT2D eigenvalue weighted by Crippen LogP contribution is -2.22. The lowest BCUT2D eigenvalue weighted by atomic mass is 10.3. The molecule has 0 saturated carbocycles. The van der Waals surface area contributed by atoms with Crippen molar-refractivity contribution in [3.8, 4) is 6.07 Å². The molecule has 80 valence electrons. The average Bonchev–Trinajstić information content (AvgIpc) is 2.46. The van der Waals surface area contributed by atoms with Gasteiger partial charge in [-0.05, 0) is 26.0 Å². The van der Waals surface area contributed by atoms with Crippen LogP contribution in [0.15, 0.2) is 36.2 Å². The number of amides is 1. The molecule has 1 amide bonds. The van der Waals surface area contributed by atoms with E-state index in [2.05, 4.69) is 5.32 Å². The molecule has 0 atom stereocenters. The molecule has 3 N–H and O–H groups in total. The van der Waals surface area contributed by atoms with Crippen LogP contribution in [0.3, 0.4) is 0 Å². The highest BCUT2D eigenvalue weighted by Crippen LogP contribution is 1.93. The lowest BCUT2D eigenvalue weighted by molar-refractivity contribution is -0.114. The van der Waals surface area contributed by atoms with Gasteiger partial charge < -0.3 is 11.1 Å². The largest absolute Gasteiger partial charge is 0.364 e. The Morgan fingerprint density at radius 1 is 1.47 bits per heavy atom. The van der Waals surface area contributed by atoms with Gasteiger partial charge >= 0.3 is 0 Å². The summed E-state index contributed by atoms with van der Waals surface area (Å²) in [6.45, 7) is 3.72. The van der Waals surface area contributed by atoms with Gasteiger partial charge in [-0.2, -0.15) is 5.26 Å². The summed E-state index contributed by atoms with van der Waals surface area (Å²) in [7, 11) is 0. The summed E-state index contributed by atoms with van der Waals surface area (Å²) in [6.07, 6.45) is 8.62. The average molecular weight is 205 g/mol. The van der Waals surface area contributed by atoms with Crippen LogP contribution < -0.4 is 11.1 Å². The lowest BCUT2D eigenvalue weighted by Gasteiger charge is -1.97. The zero-order valence-electron chi connectivity index (χ0n) is 8.90. The van der Waals surface area contributed by atoms with Gasteiger partial charge in [-0.15, -0.1) is 0 Å². The highest BCUT2D eigenvalue weighted by Gasteiger charge is 1.99. The fourth-order valence-corrected chi connectivity index (χ4v) is 0.611. The summed E-state index contributed by atoms with van der Waals surface area (Å²) in [4.78, 5) is 10.5. The van der Waals surface area contributed by atoms with Crippen LogP contribution in [0.2, 0.25) is 0 Å². The zero-order valence-corrected chi connectivity index (χ0v) is 8.90. The molecular weight excluding hydrogens is 190 g/mol. The fraction of sp³-hybridized carbons (Fsp3) is 0.273. The molecule has 0 aliphatic carbocycles. The SMILES string of the molecule is CC(C)C#N.NC(=O)C1=CC=CC=CN1. The van der Waals surface area contributed by atoms with Crippen molar-refractivity contribution in [2.45, 2.75) is 13.8 Å². The molecule has 1 aliphatic heterocycles. The van der Waals surface area contributed by atoms with E-state index in [4.69, 9.17) is 11.0 Å². The highest BCUT2D eigenvalue weighted by atomic mass is 16.1. The second-order valence-electron chi connectivity index (χ2n) is 3.12. The molecule has 0 radical (unpaired) electrons. The van der Waals surface area contributed by atoms with Gasteiger partial charge in [0.1, 0.15) is 5.70 Å². The normalized spacial score (nSPS) is 12.8. The van der Waals surface area contributed by atoms with Crippen LogP contribution in [0.4, 0.5) is 0 Å². The number of nitrogens with two attached hydrogens (primary N) is 1. The number of nitrogens with zero attached hydrogens (tertiary/aromatic N) is 1. The van der Waals surface area contributed by atoms with Gasteiger partial charge in [-0.3, -0.25) is 4.79 Å². The Morgan fingerprint density at radius 2 is 2.07 bits per heavy atom. The van der Waals surface area contributed by atoms with Crippen LogP contribution in [0.25, 0.3) is 0 Å². The van der Waals surface area contributed by atoms with Crippen molar-refractivity contribution in [3.05, 3.63) is 36.2 Å². The Morgan fingerprint density at radius 3 is 2.53 bits per heavy atom. The van der Waals surface area contributed by atoms with Crippen LogP contribution in [-0.2, 0) is 4.79 Å². The Hall–Kier alpha value is -2.02. The van der Waals surface area contributed by atoms with Crippen LogP contribution in [0, 0.1) is 17.2 Å². The first-order chi connectivity index (χ1) is 7.07. The first-order valence-corrected chi connectivity index (χ1v) is 4.57. The topological polar surface area (TPSA) is 78.9 Å². The molecule has 4 heteroatoms. The van der Waals surface area contributed by atoms with E-state index in [0.717, 1.165) is 0 Å². The maximum absolute atomic E-state index is 10.5. The first kappa shape index (κ1) is 13.0. The molecule has 4 nitrogen and oxygen atoms in total. The van der Waals surface area contributed by atoms with Gasteiger partial charge in [0, 0.05) is 12.1 Å². The van der Waals surface area contributed by atoms with E-state index in [1.165, 1.54) is 0 Å². The molecule has 0 unspecified atom stereocenters. The van der Waals surface area contributed by atoms with E-state index >= 15 is 0 Å². The summed E-state index contributed by atoms with van der Waals surface area (Å²) in [5.41, 5.74) is 5.41. The molecule has 0 spiro atoms. The number of rotatable bonds is 1. The Kier molecular flexibility index (Phi) is 6.39. The quantitative estimate of drug-likeness (QED) is 0.675. The smallest absolute Gasteiger partial charge is 0.265 e. The third-order valence-corrected chi connectivity index (χ3v) is 1.34. The van der Waals surface area contributed by atoms with E-state index < -0.39 is 5.91 Å². The monoisotopic (exact) mass is 205 g/mol. The molecule has 0 bridgehead atoms. The molecule has 0 saturated heterocycles. The van der Waals surface area contributed by atoms with Gasteiger partial charge in [0.15, 0.2) is 0 Å². The summed E-state index contributed by atoms with van der Waals surface area (Å²) in [5.74, 6) is -0.258. The zero-order chi connectivity index (χ0) is 11.7. The third kappa shape index (κ3) is 7.08. The van der Waals surface area contributed by atoms with Gasteiger partial charge in [0.2, 0.25) is 0 Å². The van der Waals surface area contributed by atoms with E-state index in [-0.39, 0.29) is 5.92 Å². The molecule has 1 aliphatic rings. The number of carbonyl (C=O) groups excluding carboxylic acids is 1. The third-order valence-electron chi connectivity index (χ3n) is 1.34. The maximum Gasteiger partial charge on any atom is 0.265 e. The number of primary amides is 1. The summed E-state index contributed by atoms with van der Waals surface area (Å²) >= 11 is 0. The predicted octanol–water partition coefficient (Wildman–Crippen LogP) is 1.19. The minimum atomic E-state index is -0.448. The number of hydrogen-bond acceptors (Lipinski definition) is 3. The van der Waals surface area contributed by atoms with Gasteiger partial charge in [0.25, 0.3) is 5.91 Å². The van der Waals surface area contributed by atoms with Crippen LogP contribution >= 0.6 is 0 Å². The minimum Gasteiger partial charge on any atom is -0.364 e. The van der Waals surface area contributed by atoms with Crippen LogP contribution in [0.1, 0.15) is 13.8 Å². The number of allylic oxidation sites excluding steroid dienone is 4. The number of carbonyl (C=O) groups is 1. The fourth-order valence-electron chi connectivity index (χ4n) is 0.611. The first-order valence-electron chi connectivity index (χ1n) is 4.57. The molecule has 1 rings (SSSR count). The van der Waals surface area contributed by atoms with Crippen molar-refractivity contribution in [2.24, 2.45) is 11.7 Å². The maximum atomic E-state index is 10.5. The molecular formula is C11H15N3O. The van der Waals surface area contributed by atoms with Crippen LogP contribution in [-0.4, -0.2) is 5.91 Å². The van der Waals surface area contributed by atoms with E-state index in [1.807, 2.05) is 26.0 Å². The van der Waals surface area contributed by atoms with Crippen molar-refractivity contribution in [1.29, 1.82) is 5.26 Å². The molecule has 0 aromatic rings. The second-order valence-corrected chi connectivity index (χ2v) is 3.12. The van der Waals surface area contributed by atoms with E-state index in [9.17, 15) is 4.79 Å². The van der Waals surface area contributed by atoms with Crippen molar-refractivity contribution in [1.82, 2.24) is 5.32 Å². The second kappa shape index (κ2) is 7.39. The Labute approximate surface area is 89.8 Å². The van der Waals surface area contributed by atoms with Gasteiger partial charge in [0.05, 0.1) is 6.07 Å². The molecule has 15 heavy (non-hydrogen) atoms. The van der Waals surface area contributed by atoms with Crippen molar-refractivity contribution in [3.63, 3.8) is 0 Å². The summed E-state index contributed by atoms with van der Waals surface area (Å²) in [5, 5.41) is 10.6. The highest BCUT2D eigenvalue weighted by molar-refractivity contribution is 5.91. The van der Waals surface area contributed by atoms with Crippen molar-refractivity contribution in [2.75, 3.05) is 0 Å². The van der Waals surface area contributed by atoms with Crippen molar-refractivity contribution >= 4 is 5.91 Å². The predicted molar refractivity (Wildman–Crippen MR) is 59.1 cm³/mol. The molecule has 0 fully saturated rings. The van der Waals surface area contributed by atoms with Gasteiger partial charge in [-0.1, -0.05) is 12.2 Å². The van der Waals surface area contributed by atoms with Crippen molar-refractivity contribution < 1.29 is 4.79 Å². The number of hydrogen-bond donors (Lipinski definition) is 2. The van der Waals surface area contributed by atoms with E-state index in [1.54, 1.807) is 24.4 Å². The Bertz CT molecular complexity index is 332. The van der Waals surface area contributed by atoms with Crippen LogP contribution in [0.5, 0.6) is 0 Å². The summed E-state index contributed by atoms with van der Waals surface area (Å²) < 4.78 is 0. The standard InChI is InChI=1S/C7H8N2O.C4H7N/c8-7(10)6-4-2-1-3-5-9-6;1-4(2)3-5/h1-5,9H,(H2,8,10);4H,1-2H3. The minimum absolute atomic E-state index is 0.190. The van der Waals surface area contributed by atoms with Gasteiger partial charge in [-0.25, -0.2) is 0 Å². The number of nitriles is 1. The molecule has 1 heterocycles. The van der Waals surface area contributed by atoms with E-state index in [0.29, 0.717) is 5.70 Å². The molecule has 0 aromatic carbocycles.